The first kappa shape index (κ1) is 28.9. The molecule has 0 radical (unpaired) electrons. The molecule has 1 atom stereocenters. The molecule has 11 heteroatoms. The minimum absolute atomic E-state index is 0.0927. The normalized spacial score (nSPS) is 14.4. The van der Waals surface area contributed by atoms with Crippen LogP contribution in [0.3, 0.4) is 0 Å². The van der Waals surface area contributed by atoms with Crippen LogP contribution in [-0.2, 0) is 16.1 Å². The highest BCUT2D eigenvalue weighted by atomic mass is 35.5. The molecule has 1 N–H and O–H groups in total. The van der Waals surface area contributed by atoms with E-state index < -0.39 is 12.0 Å². The van der Waals surface area contributed by atoms with Crippen LogP contribution in [-0.4, -0.2) is 40.2 Å². The van der Waals surface area contributed by atoms with Crippen molar-refractivity contribution in [3.63, 3.8) is 0 Å². The number of fused-ring (bicyclic) bond motifs is 1. The number of nitrogens with zero attached hydrogens (tertiary/aromatic N) is 3. The molecule has 1 aliphatic heterocycles. The predicted molar refractivity (Wildman–Crippen MR) is 155 cm³/mol. The zero-order valence-electron chi connectivity index (χ0n) is 22.0. The van der Waals surface area contributed by atoms with Crippen LogP contribution in [0.1, 0.15) is 43.9 Å². The third kappa shape index (κ3) is 6.72. The van der Waals surface area contributed by atoms with E-state index in [0.29, 0.717) is 43.9 Å². The molecule has 2 aromatic carbocycles. The second kappa shape index (κ2) is 13.3. The first-order chi connectivity index (χ1) is 18.9. The molecule has 1 aliphatic rings. The molecule has 1 unspecified atom stereocenters. The average molecular weight is 590 g/mol. The van der Waals surface area contributed by atoms with Crippen LogP contribution < -0.4 is 14.8 Å². The fourth-order valence-electron chi connectivity index (χ4n) is 4.05. The van der Waals surface area contributed by atoms with Gasteiger partial charge >= 0.3 is 5.97 Å². The third-order valence-corrected chi connectivity index (χ3v) is 7.66. The van der Waals surface area contributed by atoms with Crippen LogP contribution in [0.2, 0.25) is 10.0 Å². The van der Waals surface area contributed by atoms with E-state index in [1.54, 1.807) is 35.7 Å². The number of unbranched alkanes of at least 4 members (excludes halogenated alkanes) is 1. The van der Waals surface area contributed by atoms with Crippen molar-refractivity contribution in [2.24, 2.45) is 0 Å². The number of allylic oxidation sites excluding steroid dienone is 1. The lowest BCUT2D eigenvalue weighted by Gasteiger charge is -2.28. The van der Waals surface area contributed by atoms with Gasteiger partial charge < -0.3 is 19.5 Å². The maximum atomic E-state index is 13.2. The van der Waals surface area contributed by atoms with E-state index in [-0.39, 0.29) is 13.2 Å². The summed E-state index contributed by atoms with van der Waals surface area (Å²) < 4.78 is 18.9. The number of carbonyl (C=O) groups excluding carboxylic acids is 1. The van der Waals surface area contributed by atoms with E-state index in [4.69, 9.17) is 42.5 Å². The highest BCUT2D eigenvalue weighted by Crippen LogP contribution is 2.40. The number of ether oxygens (including phenoxy) is 3. The zero-order valence-corrected chi connectivity index (χ0v) is 24.3. The number of nitrogens with one attached hydrogen (secondary N) is 1. The molecule has 206 valence electrons. The van der Waals surface area contributed by atoms with Gasteiger partial charge in [0.25, 0.3) is 0 Å². The monoisotopic (exact) mass is 588 g/mol. The summed E-state index contributed by atoms with van der Waals surface area (Å²) in [5.41, 5.74) is 2.68. The average Bonchev–Trinajstić information content (AvgIpc) is 3.33. The molecule has 3 aromatic rings. The van der Waals surface area contributed by atoms with Crippen molar-refractivity contribution in [2.45, 2.75) is 44.5 Å². The van der Waals surface area contributed by atoms with Crippen molar-refractivity contribution in [1.29, 1.82) is 0 Å². The van der Waals surface area contributed by atoms with Crippen LogP contribution in [0.25, 0.3) is 0 Å². The Hall–Kier alpha value is -3.14. The van der Waals surface area contributed by atoms with Gasteiger partial charge in [0, 0.05) is 11.4 Å². The lowest BCUT2D eigenvalue weighted by atomic mass is 9.95. The van der Waals surface area contributed by atoms with Crippen molar-refractivity contribution >= 4 is 46.9 Å². The molecular weight excluding hydrogens is 559 g/mol. The molecule has 0 saturated carbocycles. The molecule has 0 aliphatic carbocycles. The molecule has 0 bridgehead atoms. The Morgan fingerprint density at radius 3 is 2.74 bits per heavy atom. The van der Waals surface area contributed by atoms with Gasteiger partial charge in [-0.25, -0.2) is 9.48 Å². The summed E-state index contributed by atoms with van der Waals surface area (Å²) in [7, 11) is 1.57. The summed E-state index contributed by atoms with van der Waals surface area (Å²) in [5, 5.41) is 9.54. The topological polar surface area (TPSA) is 87.5 Å². The van der Waals surface area contributed by atoms with Crippen molar-refractivity contribution in [3.05, 3.63) is 81.5 Å². The summed E-state index contributed by atoms with van der Waals surface area (Å²) in [4.78, 5) is 17.9. The van der Waals surface area contributed by atoms with Crippen molar-refractivity contribution in [3.8, 4) is 11.5 Å². The fourth-order valence-corrected chi connectivity index (χ4v) is 5.28. The van der Waals surface area contributed by atoms with Gasteiger partial charge in [-0.05, 0) is 48.7 Å². The number of thioether (sulfide) groups is 1. The van der Waals surface area contributed by atoms with Crippen LogP contribution in [0.4, 0.5) is 5.95 Å². The Balaban J connectivity index is 1.68. The van der Waals surface area contributed by atoms with E-state index in [9.17, 15) is 4.79 Å². The van der Waals surface area contributed by atoms with E-state index >= 15 is 0 Å². The van der Waals surface area contributed by atoms with Gasteiger partial charge in [-0.15, -0.1) is 5.10 Å². The van der Waals surface area contributed by atoms with E-state index in [1.807, 2.05) is 31.2 Å². The summed E-state index contributed by atoms with van der Waals surface area (Å²) in [6.45, 7) is 7.97. The lowest BCUT2D eigenvalue weighted by Crippen LogP contribution is -2.29. The Bertz CT molecular complexity index is 1390. The van der Waals surface area contributed by atoms with E-state index in [0.717, 1.165) is 29.7 Å². The highest BCUT2D eigenvalue weighted by Gasteiger charge is 2.35. The molecule has 0 saturated heterocycles. The number of aromatic nitrogens is 3. The van der Waals surface area contributed by atoms with Gasteiger partial charge in [0.05, 0.1) is 22.7 Å². The number of methoxy groups -OCH3 is 1. The first-order valence-electron chi connectivity index (χ1n) is 12.5. The number of benzene rings is 2. The van der Waals surface area contributed by atoms with Gasteiger partial charge in [0.15, 0.2) is 11.5 Å². The van der Waals surface area contributed by atoms with Crippen LogP contribution in [0, 0.1) is 0 Å². The molecule has 0 amide bonds. The summed E-state index contributed by atoms with van der Waals surface area (Å²) in [5.74, 6) is 2.03. The standard InChI is InChI=1S/C28H30Cl2N4O4S/c1-5-7-13-39-28-32-27-31-17(3)24(26(35)37-12-6-2)25(34(27)33-28)19-9-11-22(23(15-19)36-4)38-16-18-8-10-20(29)21(30)14-18/h6,8-11,14-15,25H,2,5,7,12-13,16H2,1,3-4H3,(H,31,32,33). The molecule has 39 heavy (non-hydrogen) atoms. The zero-order chi connectivity index (χ0) is 27.9. The fraction of sp³-hybridized carbons (Fsp3) is 0.321. The van der Waals surface area contributed by atoms with Crippen molar-refractivity contribution in [1.82, 2.24) is 14.8 Å². The molecular formula is C28H30Cl2N4O4S. The van der Waals surface area contributed by atoms with Crippen LogP contribution >= 0.6 is 35.0 Å². The number of anilines is 1. The molecule has 2 heterocycles. The van der Waals surface area contributed by atoms with Gasteiger partial charge in [-0.2, -0.15) is 4.98 Å². The molecule has 8 nitrogen and oxygen atoms in total. The van der Waals surface area contributed by atoms with E-state index in [1.165, 1.54) is 6.08 Å². The Morgan fingerprint density at radius 2 is 2.03 bits per heavy atom. The van der Waals surface area contributed by atoms with Gasteiger partial charge in [-0.3, -0.25) is 0 Å². The number of hydrogen-bond donors (Lipinski definition) is 1. The molecule has 4 rings (SSSR count). The first-order valence-corrected chi connectivity index (χ1v) is 14.2. The molecule has 0 fully saturated rings. The third-order valence-electron chi connectivity index (χ3n) is 6.00. The summed E-state index contributed by atoms with van der Waals surface area (Å²) in [6, 6.07) is 10.3. The quantitative estimate of drug-likeness (QED) is 0.104. The van der Waals surface area contributed by atoms with Gasteiger partial charge in [0.2, 0.25) is 11.1 Å². The highest BCUT2D eigenvalue weighted by molar-refractivity contribution is 7.99. The Kier molecular flexibility index (Phi) is 9.83. The maximum absolute atomic E-state index is 13.2. The summed E-state index contributed by atoms with van der Waals surface area (Å²) in [6.07, 6.45) is 3.68. The van der Waals surface area contributed by atoms with Gasteiger partial charge in [0.1, 0.15) is 19.3 Å². The minimum atomic E-state index is -0.593. The number of esters is 1. The van der Waals surface area contributed by atoms with Crippen molar-refractivity contribution in [2.75, 3.05) is 24.8 Å². The lowest BCUT2D eigenvalue weighted by molar-refractivity contribution is -0.138. The van der Waals surface area contributed by atoms with Crippen molar-refractivity contribution < 1.29 is 19.0 Å². The number of rotatable bonds is 12. The second-order valence-electron chi connectivity index (χ2n) is 8.77. The Morgan fingerprint density at radius 1 is 1.21 bits per heavy atom. The smallest absolute Gasteiger partial charge is 0.338 e. The largest absolute Gasteiger partial charge is 0.493 e. The SMILES string of the molecule is C=CCOC(=O)C1=C(C)Nc2nc(SCCCC)nn2C1c1ccc(OCc2ccc(Cl)c(Cl)c2)c(OC)c1. The maximum Gasteiger partial charge on any atom is 0.338 e. The summed E-state index contributed by atoms with van der Waals surface area (Å²) >= 11 is 13.8. The molecule has 0 spiro atoms. The number of carbonyl (C=O) groups is 1. The van der Waals surface area contributed by atoms with Crippen LogP contribution in [0.5, 0.6) is 11.5 Å². The minimum Gasteiger partial charge on any atom is -0.493 e. The van der Waals surface area contributed by atoms with Crippen LogP contribution in [0.15, 0.2) is 65.5 Å². The predicted octanol–water partition coefficient (Wildman–Crippen LogP) is 7.08. The Labute approximate surface area is 242 Å². The van der Waals surface area contributed by atoms with E-state index in [2.05, 4.69) is 23.8 Å². The molecule has 1 aromatic heterocycles. The number of hydrogen-bond acceptors (Lipinski definition) is 8. The number of halogens is 2. The second-order valence-corrected chi connectivity index (χ2v) is 10.6. The van der Waals surface area contributed by atoms with Gasteiger partial charge in [-0.1, -0.05) is 73.1 Å².